The molecule has 1 amide bonds. The first-order valence-electron chi connectivity index (χ1n) is 6.46. The molecule has 0 saturated carbocycles. The first-order valence-corrected chi connectivity index (χ1v) is 6.46. The predicted octanol–water partition coefficient (Wildman–Crippen LogP) is 1.98. The van der Waals surface area contributed by atoms with Gasteiger partial charge in [0.1, 0.15) is 5.82 Å². The number of rotatable bonds is 8. The minimum Gasteiger partial charge on any atom is -0.490 e. The molecule has 3 N–H and O–H groups in total. The third-order valence-electron chi connectivity index (χ3n) is 3.32. The number of likely N-dealkylation sites (N-methyl/N-ethyl adjacent to an activating group) is 1. The molecule has 0 fully saturated rings. The van der Waals surface area contributed by atoms with Crippen molar-refractivity contribution >= 4 is 5.91 Å². The van der Waals surface area contributed by atoms with Gasteiger partial charge in [0.15, 0.2) is 11.6 Å². The Labute approximate surface area is 117 Å². The molecule has 0 bridgehead atoms. The number of nitrogens with one attached hydrogen (secondary N) is 1. The standard InChI is InChI=1S/C14H20F2N2O2/c1-14(18-2,13(17)19)7-3-4-8-20-12-9-10(15)5-6-11(12)16/h5-6,9,18H,3-4,7-8H2,1-2H3,(H2,17,19). The first kappa shape index (κ1) is 16.4. The van der Waals surface area contributed by atoms with Crippen molar-refractivity contribution in [2.45, 2.75) is 31.7 Å². The van der Waals surface area contributed by atoms with Crippen LogP contribution in [0.4, 0.5) is 8.78 Å². The average Bonchev–Trinajstić information content (AvgIpc) is 2.41. The fraction of sp³-hybridized carbons (Fsp3) is 0.500. The predicted molar refractivity (Wildman–Crippen MR) is 72.4 cm³/mol. The molecule has 4 nitrogen and oxygen atoms in total. The highest BCUT2D eigenvalue weighted by Gasteiger charge is 2.27. The SMILES string of the molecule is CNC(C)(CCCCOc1cc(F)ccc1F)C(N)=O. The van der Waals surface area contributed by atoms with Crippen molar-refractivity contribution in [1.29, 1.82) is 0 Å². The van der Waals surface area contributed by atoms with Gasteiger partial charge in [0, 0.05) is 6.07 Å². The van der Waals surface area contributed by atoms with E-state index in [-0.39, 0.29) is 12.4 Å². The molecule has 0 heterocycles. The van der Waals surface area contributed by atoms with E-state index in [0.717, 1.165) is 18.2 Å². The minimum absolute atomic E-state index is 0.101. The molecule has 0 spiro atoms. The summed E-state index contributed by atoms with van der Waals surface area (Å²) in [7, 11) is 1.67. The van der Waals surface area contributed by atoms with Crippen LogP contribution in [-0.2, 0) is 4.79 Å². The van der Waals surface area contributed by atoms with E-state index in [1.807, 2.05) is 0 Å². The van der Waals surface area contributed by atoms with Gasteiger partial charge in [-0.15, -0.1) is 0 Å². The molecule has 1 aromatic rings. The molecule has 20 heavy (non-hydrogen) atoms. The first-order chi connectivity index (χ1) is 9.39. The Morgan fingerprint density at radius 1 is 1.40 bits per heavy atom. The molecule has 0 aliphatic rings. The summed E-state index contributed by atoms with van der Waals surface area (Å²) in [5.41, 5.74) is 4.54. The summed E-state index contributed by atoms with van der Waals surface area (Å²) in [5.74, 6) is -1.66. The molecular weight excluding hydrogens is 266 g/mol. The Morgan fingerprint density at radius 2 is 2.10 bits per heavy atom. The number of carbonyl (C=O) groups excluding carboxylic acids is 1. The topological polar surface area (TPSA) is 64.3 Å². The second-order valence-electron chi connectivity index (χ2n) is 4.83. The van der Waals surface area contributed by atoms with E-state index in [4.69, 9.17) is 10.5 Å². The van der Waals surface area contributed by atoms with Crippen LogP contribution < -0.4 is 15.8 Å². The van der Waals surface area contributed by atoms with Crippen LogP contribution >= 0.6 is 0 Å². The monoisotopic (exact) mass is 286 g/mol. The van der Waals surface area contributed by atoms with E-state index in [1.54, 1.807) is 14.0 Å². The van der Waals surface area contributed by atoms with Gasteiger partial charge in [0.05, 0.1) is 12.1 Å². The highest BCUT2D eigenvalue weighted by Crippen LogP contribution is 2.19. The molecule has 112 valence electrons. The van der Waals surface area contributed by atoms with Crippen molar-refractivity contribution in [1.82, 2.24) is 5.32 Å². The zero-order valence-electron chi connectivity index (χ0n) is 11.7. The van der Waals surface area contributed by atoms with Gasteiger partial charge in [0.25, 0.3) is 0 Å². The zero-order valence-corrected chi connectivity index (χ0v) is 11.7. The van der Waals surface area contributed by atoms with Crippen molar-refractivity contribution in [3.05, 3.63) is 29.8 Å². The highest BCUT2D eigenvalue weighted by atomic mass is 19.1. The van der Waals surface area contributed by atoms with Crippen molar-refractivity contribution < 1.29 is 18.3 Å². The summed E-state index contributed by atoms with van der Waals surface area (Å²) in [6, 6.07) is 3.07. The van der Waals surface area contributed by atoms with Gasteiger partial charge in [-0.3, -0.25) is 4.79 Å². The Hall–Kier alpha value is -1.69. The Bertz CT molecular complexity index is 468. The smallest absolute Gasteiger partial charge is 0.237 e. The van der Waals surface area contributed by atoms with Gasteiger partial charge in [-0.1, -0.05) is 0 Å². The second-order valence-corrected chi connectivity index (χ2v) is 4.83. The summed E-state index contributed by atoms with van der Waals surface area (Å²) in [6.07, 6.45) is 1.84. The number of halogens is 2. The lowest BCUT2D eigenvalue weighted by Crippen LogP contribution is -2.51. The van der Waals surface area contributed by atoms with E-state index in [0.29, 0.717) is 19.3 Å². The molecule has 1 atom stereocenters. The van der Waals surface area contributed by atoms with E-state index in [9.17, 15) is 13.6 Å². The summed E-state index contributed by atoms with van der Waals surface area (Å²) in [5, 5.41) is 2.88. The fourth-order valence-electron chi connectivity index (χ4n) is 1.72. The van der Waals surface area contributed by atoms with Crippen LogP contribution in [0.25, 0.3) is 0 Å². The quantitative estimate of drug-likeness (QED) is 0.718. The number of benzene rings is 1. The lowest BCUT2D eigenvalue weighted by atomic mass is 9.94. The Kier molecular flexibility index (Phi) is 5.88. The Morgan fingerprint density at radius 3 is 2.70 bits per heavy atom. The lowest BCUT2D eigenvalue weighted by Gasteiger charge is -2.25. The maximum atomic E-state index is 13.3. The van der Waals surface area contributed by atoms with Crippen molar-refractivity contribution in [2.24, 2.45) is 5.73 Å². The van der Waals surface area contributed by atoms with Gasteiger partial charge >= 0.3 is 0 Å². The van der Waals surface area contributed by atoms with E-state index < -0.39 is 23.1 Å². The van der Waals surface area contributed by atoms with Gasteiger partial charge in [-0.2, -0.15) is 0 Å². The summed E-state index contributed by atoms with van der Waals surface area (Å²) in [4.78, 5) is 11.3. The van der Waals surface area contributed by atoms with E-state index >= 15 is 0 Å². The van der Waals surface area contributed by atoms with Gasteiger partial charge in [-0.05, 0) is 45.4 Å². The van der Waals surface area contributed by atoms with Gasteiger partial charge in [0.2, 0.25) is 5.91 Å². The molecule has 0 aliphatic heterocycles. The van der Waals surface area contributed by atoms with Crippen LogP contribution in [0.2, 0.25) is 0 Å². The van der Waals surface area contributed by atoms with Crippen molar-refractivity contribution in [3.63, 3.8) is 0 Å². The largest absolute Gasteiger partial charge is 0.490 e. The third kappa shape index (κ3) is 4.45. The van der Waals surface area contributed by atoms with E-state index in [2.05, 4.69) is 5.32 Å². The van der Waals surface area contributed by atoms with Gasteiger partial charge < -0.3 is 15.8 Å². The minimum atomic E-state index is -0.760. The van der Waals surface area contributed by atoms with Crippen LogP contribution in [0.15, 0.2) is 18.2 Å². The number of hydrogen-bond acceptors (Lipinski definition) is 3. The number of primary amides is 1. The number of nitrogens with two attached hydrogens (primary N) is 1. The molecule has 6 heteroatoms. The zero-order chi connectivity index (χ0) is 15.2. The summed E-state index contributed by atoms with van der Waals surface area (Å²) >= 11 is 0. The van der Waals surface area contributed by atoms with Crippen LogP contribution in [0, 0.1) is 11.6 Å². The normalized spacial score (nSPS) is 13.8. The number of ether oxygens (including phenoxy) is 1. The van der Waals surface area contributed by atoms with Crippen molar-refractivity contribution in [2.75, 3.05) is 13.7 Å². The van der Waals surface area contributed by atoms with Crippen LogP contribution in [0.1, 0.15) is 26.2 Å². The number of hydrogen-bond donors (Lipinski definition) is 2. The summed E-state index contributed by atoms with van der Waals surface area (Å²) < 4.78 is 31.3. The highest BCUT2D eigenvalue weighted by molar-refractivity contribution is 5.84. The maximum Gasteiger partial charge on any atom is 0.237 e. The molecule has 0 aliphatic carbocycles. The molecule has 1 rings (SSSR count). The van der Waals surface area contributed by atoms with Gasteiger partial charge in [-0.25, -0.2) is 8.78 Å². The molecule has 0 aromatic heterocycles. The number of amides is 1. The average molecular weight is 286 g/mol. The van der Waals surface area contributed by atoms with Crippen LogP contribution in [0.5, 0.6) is 5.75 Å². The van der Waals surface area contributed by atoms with Crippen LogP contribution in [0.3, 0.4) is 0 Å². The van der Waals surface area contributed by atoms with Crippen molar-refractivity contribution in [3.8, 4) is 5.75 Å². The molecular formula is C14H20F2N2O2. The fourth-order valence-corrected chi connectivity index (χ4v) is 1.72. The van der Waals surface area contributed by atoms with E-state index in [1.165, 1.54) is 0 Å². The molecule has 1 aromatic carbocycles. The lowest BCUT2D eigenvalue weighted by molar-refractivity contribution is -0.123. The number of unbranched alkanes of at least 4 members (excludes halogenated alkanes) is 1. The molecule has 1 unspecified atom stereocenters. The number of carbonyl (C=O) groups is 1. The second kappa shape index (κ2) is 7.19. The molecule has 0 saturated heterocycles. The molecule has 0 radical (unpaired) electrons. The summed E-state index contributed by atoms with van der Waals surface area (Å²) in [6.45, 7) is 1.97. The third-order valence-corrected chi connectivity index (χ3v) is 3.32. The Balaban J connectivity index is 2.35. The van der Waals surface area contributed by atoms with Crippen LogP contribution in [-0.4, -0.2) is 25.1 Å². The maximum absolute atomic E-state index is 13.3.